The van der Waals surface area contributed by atoms with Gasteiger partial charge in [0, 0.05) is 13.5 Å². The molecule has 0 unspecified atom stereocenters. The molecule has 1 saturated heterocycles. The van der Waals surface area contributed by atoms with Crippen LogP contribution in [0.4, 0.5) is 23.5 Å². The number of hydrogen-bond donors (Lipinski definition) is 1. The fourth-order valence-electron chi connectivity index (χ4n) is 4.34. The number of nitrogens with zero attached hydrogens (tertiary/aromatic N) is 7. The summed E-state index contributed by atoms with van der Waals surface area (Å²) in [7, 11) is -3.02. The van der Waals surface area contributed by atoms with Crippen molar-refractivity contribution in [3.8, 4) is 17.0 Å². The van der Waals surface area contributed by atoms with E-state index in [4.69, 9.17) is 8.85 Å². The van der Waals surface area contributed by atoms with E-state index >= 15 is 4.39 Å². The normalized spacial score (nSPS) is 19.2. The molecule has 0 aliphatic carbocycles. The summed E-state index contributed by atoms with van der Waals surface area (Å²) in [6, 6.07) is 3.05. The van der Waals surface area contributed by atoms with Gasteiger partial charge in [-0.25, -0.2) is 26.8 Å². The molecule has 0 saturated carbocycles. The molecule has 1 aliphatic heterocycles. The molecule has 4 heterocycles. The average molecular weight is 509 g/mol. The number of hydrogen-bond acceptors (Lipinski definition) is 7. The quantitative estimate of drug-likeness (QED) is 0.399. The van der Waals surface area contributed by atoms with Crippen LogP contribution in [-0.2, 0) is 11.3 Å². The predicted octanol–water partition coefficient (Wildman–Crippen LogP) is 2.93. The van der Waals surface area contributed by atoms with Crippen molar-refractivity contribution < 1.29 is 31.2 Å². The van der Waals surface area contributed by atoms with Crippen LogP contribution in [0.5, 0.6) is 5.88 Å². The molecule has 5 rings (SSSR count). The van der Waals surface area contributed by atoms with E-state index in [1.807, 2.05) is 0 Å². The van der Waals surface area contributed by atoms with Gasteiger partial charge in [-0.15, -0.1) is 10.2 Å². The van der Waals surface area contributed by atoms with Crippen LogP contribution >= 0.6 is 0 Å². The number of aromatic nitrogens is 6. The Morgan fingerprint density at radius 2 is 2.22 bits per heavy atom. The molecule has 190 valence electrons. The Hall–Kier alpha value is -3.97. The van der Waals surface area contributed by atoms with E-state index in [1.165, 1.54) is 29.8 Å². The fourth-order valence-corrected chi connectivity index (χ4v) is 4.34. The summed E-state index contributed by atoms with van der Waals surface area (Å²) in [6.45, 7) is -0.359. The lowest BCUT2D eigenvalue weighted by Gasteiger charge is -2.38. The molecule has 36 heavy (non-hydrogen) atoms. The maximum Gasteiger partial charge on any atom is 0.285 e. The Labute approximate surface area is 206 Å². The molecule has 10 nitrogen and oxygen atoms in total. The van der Waals surface area contributed by atoms with Crippen molar-refractivity contribution in [3.05, 3.63) is 30.2 Å². The van der Waals surface area contributed by atoms with E-state index in [-0.39, 0.29) is 36.2 Å². The van der Waals surface area contributed by atoms with Crippen LogP contribution in [0.25, 0.3) is 27.7 Å². The van der Waals surface area contributed by atoms with E-state index < -0.39 is 55.8 Å². The van der Waals surface area contributed by atoms with Gasteiger partial charge in [-0.3, -0.25) is 4.79 Å². The third kappa shape index (κ3) is 4.05. The van der Waals surface area contributed by atoms with Crippen LogP contribution in [0, 0.1) is 5.82 Å². The number of aryl methyl sites for hydroxylation is 1. The lowest BCUT2D eigenvalue weighted by molar-refractivity contribution is -0.140. The number of anilines is 1. The average Bonchev–Trinajstić information content (AvgIpc) is 3.39. The van der Waals surface area contributed by atoms with Crippen molar-refractivity contribution in [3.63, 3.8) is 0 Å². The number of halogens is 4. The Kier molecular flexibility index (Phi) is 5.01. The van der Waals surface area contributed by atoms with E-state index in [0.717, 1.165) is 15.6 Å². The van der Waals surface area contributed by atoms with Crippen LogP contribution in [0.1, 0.15) is 17.5 Å². The zero-order chi connectivity index (χ0) is 28.1. The van der Waals surface area contributed by atoms with Crippen LogP contribution in [0.2, 0.25) is 0 Å². The molecule has 3 aromatic heterocycles. The highest BCUT2D eigenvalue weighted by Crippen LogP contribution is 2.36. The summed E-state index contributed by atoms with van der Waals surface area (Å²) >= 11 is 0. The highest BCUT2D eigenvalue weighted by atomic mass is 19.3. The molecule has 1 fully saturated rings. The second-order valence-electron chi connectivity index (χ2n) is 8.38. The zero-order valence-electron chi connectivity index (χ0n) is 21.9. The van der Waals surface area contributed by atoms with Crippen LogP contribution < -0.4 is 10.1 Å². The topological polar surface area (TPSA) is 102 Å². The molecule has 1 aliphatic rings. The monoisotopic (exact) mass is 509 g/mol. The summed E-state index contributed by atoms with van der Waals surface area (Å²) in [6.07, 6.45) is 0.789. The molecule has 1 amide bonds. The lowest BCUT2D eigenvalue weighted by Crippen LogP contribution is -2.55. The molecule has 1 aromatic carbocycles. The minimum atomic E-state index is -3.35. The summed E-state index contributed by atoms with van der Waals surface area (Å²) in [4.78, 5) is 16.6. The maximum absolute atomic E-state index is 15.3. The van der Waals surface area contributed by atoms with Crippen molar-refractivity contribution in [1.82, 2.24) is 34.5 Å². The number of alkyl halides is 3. The Balaban J connectivity index is 1.59. The largest absolute Gasteiger partial charge is 0.479 e. The fraction of sp³-hybridized carbons (Fsp3) is 0.409. The molecular formula is C22H22F4N8O2. The SMILES string of the molecule is [2H]C([2H])([2H])Oc1nc(N[C@@H]2CCN(C(C)=O)CC2(F)F)nn2cc(F)c(-c3ccc4nnn(CCF)c4c3)c12. The van der Waals surface area contributed by atoms with Crippen molar-refractivity contribution in [2.45, 2.75) is 31.9 Å². The molecule has 4 aromatic rings. The molecular weight excluding hydrogens is 484 g/mol. The standard InChI is InChI=1S/C22H22F4N8O2/c1-12(35)32-7-5-17(22(25,26)11-32)27-21-28-20(36-2)19-18(14(24)10-34(19)30-21)13-3-4-15-16(9-13)33(8-6-23)31-29-15/h3-4,9-10,17H,5-8,11H2,1-2H3,(H,27,30)/t17-/m1/s1/i2D3. The third-order valence-corrected chi connectivity index (χ3v) is 6.10. The number of rotatable bonds is 6. The van der Waals surface area contributed by atoms with Gasteiger partial charge in [0.25, 0.3) is 5.92 Å². The number of fused-ring (bicyclic) bond motifs is 2. The number of ether oxygens (including phenoxy) is 1. The summed E-state index contributed by atoms with van der Waals surface area (Å²) < 4.78 is 87.8. The van der Waals surface area contributed by atoms with Gasteiger partial charge in [-0.05, 0) is 24.1 Å². The van der Waals surface area contributed by atoms with E-state index in [0.29, 0.717) is 11.0 Å². The van der Waals surface area contributed by atoms with Crippen molar-refractivity contribution >= 4 is 28.4 Å². The number of piperidine rings is 1. The molecule has 0 spiro atoms. The van der Waals surface area contributed by atoms with Crippen LogP contribution in [0.15, 0.2) is 24.4 Å². The zero-order valence-corrected chi connectivity index (χ0v) is 18.9. The first kappa shape index (κ1) is 20.2. The number of carbonyl (C=O) groups is 1. The molecule has 0 radical (unpaired) electrons. The Morgan fingerprint density at radius 1 is 1.39 bits per heavy atom. The van der Waals surface area contributed by atoms with Gasteiger partial charge in [0.2, 0.25) is 17.7 Å². The smallest absolute Gasteiger partial charge is 0.285 e. The van der Waals surface area contributed by atoms with Crippen LogP contribution in [0.3, 0.4) is 0 Å². The van der Waals surface area contributed by atoms with Gasteiger partial charge in [-0.1, -0.05) is 11.3 Å². The number of benzene rings is 1. The van der Waals surface area contributed by atoms with Gasteiger partial charge in [0.1, 0.15) is 17.7 Å². The van der Waals surface area contributed by atoms with Crippen LogP contribution in [-0.4, -0.2) is 79.2 Å². The highest BCUT2D eigenvalue weighted by molar-refractivity contribution is 5.89. The summed E-state index contributed by atoms with van der Waals surface area (Å²) in [5.74, 6) is -5.68. The second kappa shape index (κ2) is 8.91. The first-order valence-electron chi connectivity index (χ1n) is 12.4. The Bertz CT molecular complexity index is 1560. The number of carbonyl (C=O) groups excluding carboxylic acids is 1. The summed E-state index contributed by atoms with van der Waals surface area (Å²) in [5.41, 5.74) is 0.773. The molecule has 0 bridgehead atoms. The second-order valence-corrected chi connectivity index (χ2v) is 8.38. The predicted molar refractivity (Wildman–Crippen MR) is 121 cm³/mol. The third-order valence-electron chi connectivity index (χ3n) is 6.10. The minimum Gasteiger partial charge on any atom is -0.479 e. The summed E-state index contributed by atoms with van der Waals surface area (Å²) in [5, 5.41) is 14.4. The van der Waals surface area contributed by atoms with E-state index in [2.05, 4.69) is 25.7 Å². The van der Waals surface area contributed by atoms with E-state index in [9.17, 15) is 18.0 Å². The van der Waals surface area contributed by atoms with Gasteiger partial charge >= 0.3 is 0 Å². The van der Waals surface area contributed by atoms with Crippen molar-refractivity contribution in [1.29, 1.82) is 0 Å². The van der Waals surface area contributed by atoms with E-state index in [1.54, 1.807) is 0 Å². The number of likely N-dealkylation sites (tertiary alicyclic amines) is 1. The maximum atomic E-state index is 15.3. The van der Waals surface area contributed by atoms with Gasteiger partial charge in [0.15, 0.2) is 5.82 Å². The first-order valence-corrected chi connectivity index (χ1v) is 10.9. The molecule has 1 N–H and O–H groups in total. The van der Waals surface area contributed by atoms with Gasteiger partial charge < -0.3 is 15.0 Å². The van der Waals surface area contributed by atoms with Gasteiger partial charge in [-0.2, -0.15) is 4.98 Å². The first-order chi connectivity index (χ1) is 18.4. The van der Waals surface area contributed by atoms with Crippen molar-refractivity contribution in [2.24, 2.45) is 0 Å². The van der Waals surface area contributed by atoms with Gasteiger partial charge in [0.05, 0.1) is 47.6 Å². The molecule has 14 heteroatoms. The molecule has 1 atom stereocenters. The number of nitrogens with one attached hydrogen (secondary N) is 1. The minimum absolute atomic E-state index is 0.0576. The Morgan fingerprint density at radius 3 is 2.94 bits per heavy atom. The lowest BCUT2D eigenvalue weighted by atomic mass is 10.0. The number of amides is 1. The number of methoxy groups -OCH3 is 1. The van der Waals surface area contributed by atoms with Crippen molar-refractivity contribution in [2.75, 3.05) is 32.1 Å². The highest BCUT2D eigenvalue weighted by Gasteiger charge is 2.46.